The first kappa shape index (κ1) is 26.5. The number of ether oxygens (including phenoxy) is 1. The molecule has 206 valence electrons. The summed E-state index contributed by atoms with van der Waals surface area (Å²) < 4.78 is 61.0. The first-order chi connectivity index (χ1) is 19.1. The number of nitrogens with zero attached hydrogens (tertiary/aromatic N) is 5. The average Bonchev–Trinajstić information content (AvgIpc) is 3.41. The van der Waals surface area contributed by atoms with Crippen LogP contribution in [0.2, 0.25) is 0 Å². The molecule has 2 aromatic heterocycles. The molecular formula is C27H24AsF2N5O5. The van der Waals surface area contributed by atoms with Crippen LogP contribution < -0.4 is 4.74 Å². The van der Waals surface area contributed by atoms with E-state index in [2.05, 4.69) is 9.97 Å². The number of amides is 1. The molecule has 2 aromatic carbocycles. The quantitative estimate of drug-likeness (QED) is 0.276. The summed E-state index contributed by atoms with van der Waals surface area (Å²) in [6, 6.07) is 9.55. The summed E-state index contributed by atoms with van der Waals surface area (Å²) in [5, 5.41) is 0. The van der Waals surface area contributed by atoms with Crippen molar-refractivity contribution in [2.75, 3.05) is 6.54 Å². The standard InChI is InChI=1S/C27H24AsF2N5O5/c1-4-34-20-11-19(22-16(24(34)36)6-5-7-21(22)39-26(29)30)35-18-10-14(8-9-17(18)33-23(20)35)15-12-31-25(32-13-15)27(2,3)40-28(37)38/h5-10,12-13,19-20,26H,4,11H2,1-3H3/t19-,20-/m1/s1. The number of carbonyl (C=O) groups is 1. The van der Waals surface area contributed by atoms with Crippen molar-refractivity contribution in [3.63, 3.8) is 0 Å². The SMILES string of the molecule is CCN1C(=O)c2cccc(OC(F)F)c2[C@H]2C[C@@H]1c1nc3ccc(-c4cnc(C(C)(C)O[As](=O)=O)nc4)cc3n12. The maximum atomic E-state index is 13.5. The van der Waals surface area contributed by atoms with Crippen LogP contribution in [0, 0.1) is 0 Å². The van der Waals surface area contributed by atoms with Gasteiger partial charge < -0.3 is 9.64 Å². The third kappa shape index (κ3) is 4.26. The molecule has 2 bridgehead atoms. The van der Waals surface area contributed by atoms with Crippen molar-refractivity contribution < 1.29 is 29.5 Å². The van der Waals surface area contributed by atoms with Gasteiger partial charge in [-0.15, -0.1) is 0 Å². The number of hydrogen-bond donors (Lipinski definition) is 0. The van der Waals surface area contributed by atoms with Crippen LogP contribution in [-0.2, 0) is 16.8 Å². The van der Waals surface area contributed by atoms with E-state index in [-0.39, 0.29) is 23.5 Å². The maximum absolute atomic E-state index is 13.5. The third-order valence-electron chi connectivity index (χ3n) is 7.42. The summed E-state index contributed by atoms with van der Waals surface area (Å²) in [7, 11) is 0. The summed E-state index contributed by atoms with van der Waals surface area (Å²) in [6.45, 7) is 2.43. The molecular weight excluding hydrogens is 587 g/mol. The molecule has 0 spiro atoms. The van der Waals surface area contributed by atoms with Gasteiger partial charge in [-0.1, -0.05) is 6.07 Å². The van der Waals surface area contributed by atoms with Crippen molar-refractivity contribution >= 4 is 31.8 Å². The predicted octanol–water partition coefficient (Wildman–Crippen LogP) is 4.70. The molecule has 4 heterocycles. The second kappa shape index (κ2) is 9.71. The summed E-state index contributed by atoms with van der Waals surface area (Å²) in [5.74, 6) is 0.649. The fourth-order valence-electron chi connectivity index (χ4n) is 5.74. The van der Waals surface area contributed by atoms with E-state index < -0.39 is 33.1 Å². The number of carbonyl (C=O) groups excluding carboxylic acids is 1. The number of aromatic nitrogens is 4. The second-order valence-electron chi connectivity index (χ2n) is 10.1. The van der Waals surface area contributed by atoms with Gasteiger partial charge >= 0.3 is 160 Å². The molecule has 0 N–H and O–H groups in total. The van der Waals surface area contributed by atoms with Crippen molar-refractivity contribution in [2.45, 2.75) is 51.5 Å². The zero-order valence-corrected chi connectivity index (χ0v) is 23.6. The zero-order valence-electron chi connectivity index (χ0n) is 21.7. The molecule has 0 aliphatic carbocycles. The Morgan fingerprint density at radius 3 is 2.52 bits per heavy atom. The Hall–Kier alpha value is -3.76. The first-order valence-electron chi connectivity index (χ1n) is 12.7. The van der Waals surface area contributed by atoms with Gasteiger partial charge in [0.15, 0.2) is 0 Å². The minimum absolute atomic E-state index is 0.0242. The Kier molecular flexibility index (Phi) is 6.42. The van der Waals surface area contributed by atoms with Crippen LogP contribution in [0.3, 0.4) is 0 Å². The van der Waals surface area contributed by atoms with Gasteiger partial charge in [-0.2, -0.15) is 8.78 Å². The molecule has 0 unspecified atom stereocenters. The van der Waals surface area contributed by atoms with Gasteiger partial charge in [0.1, 0.15) is 5.75 Å². The van der Waals surface area contributed by atoms with Crippen molar-refractivity contribution in [2.24, 2.45) is 0 Å². The number of benzene rings is 2. The van der Waals surface area contributed by atoms with Gasteiger partial charge in [-0.3, -0.25) is 4.79 Å². The molecule has 10 nitrogen and oxygen atoms in total. The Morgan fingerprint density at radius 2 is 1.85 bits per heavy atom. The van der Waals surface area contributed by atoms with Crippen LogP contribution >= 0.6 is 0 Å². The van der Waals surface area contributed by atoms with E-state index in [0.29, 0.717) is 41.0 Å². The van der Waals surface area contributed by atoms with Crippen LogP contribution in [0.15, 0.2) is 48.8 Å². The number of hydrogen-bond acceptors (Lipinski definition) is 8. The third-order valence-corrected chi connectivity index (χ3v) is 8.69. The molecule has 0 radical (unpaired) electrons. The van der Waals surface area contributed by atoms with Crippen LogP contribution in [0.4, 0.5) is 8.78 Å². The normalized spacial score (nSPS) is 18.1. The summed E-state index contributed by atoms with van der Waals surface area (Å²) in [4.78, 5) is 28.8. The molecule has 13 heteroatoms. The van der Waals surface area contributed by atoms with Crippen molar-refractivity contribution in [1.82, 2.24) is 24.4 Å². The Morgan fingerprint density at radius 1 is 1.10 bits per heavy atom. The molecule has 2 aliphatic rings. The molecule has 2 atom stereocenters. The average molecular weight is 611 g/mol. The van der Waals surface area contributed by atoms with E-state index in [1.807, 2.05) is 29.7 Å². The Bertz CT molecular complexity index is 1710. The van der Waals surface area contributed by atoms with Gasteiger partial charge in [0, 0.05) is 12.1 Å². The molecule has 0 saturated carbocycles. The van der Waals surface area contributed by atoms with Gasteiger partial charge in [0.2, 0.25) is 0 Å². The van der Waals surface area contributed by atoms with E-state index in [0.717, 1.165) is 11.1 Å². The number of fused-ring (bicyclic) bond motifs is 9. The molecule has 0 fully saturated rings. The summed E-state index contributed by atoms with van der Waals surface area (Å²) in [6.07, 6.45) is 3.66. The van der Waals surface area contributed by atoms with E-state index in [9.17, 15) is 21.1 Å². The van der Waals surface area contributed by atoms with Gasteiger partial charge in [0.25, 0.3) is 5.91 Å². The van der Waals surface area contributed by atoms with Crippen LogP contribution in [0.25, 0.3) is 22.2 Å². The second-order valence-corrected chi connectivity index (χ2v) is 11.4. The number of alkyl halides is 2. The summed E-state index contributed by atoms with van der Waals surface area (Å²) in [5.41, 5.74) is 2.49. The fraction of sp³-hybridized carbons (Fsp3) is 0.333. The van der Waals surface area contributed by atoms with E-state index in [1.54, 1.807) is 43.3 Å². The van der Waals surface area contributed by atoms with Crippen LogP contribution in [-0.4, -0.2) is 58.4 Å². The Balaban J connectivity index is 1.48. The Labute approximate surface area is 232 Å². The number of imidazole rings is 1. The van der Waals surface area contributed by atoms with Crippen molar-refractivity contribution in [3.05, 3.63) is 71.6 Å². The van der Waals surface area contributed by atoms with Gasteiger partial charge in [-0.05, 0) is 19.1 Å². The predicted molar refractivity (Wildman–Crippen MR) is 137 cm³/mol. The fourth-order valence-corrected chi connectivity index (χ4v) is 6.69. The molecule has 4 aromatic rings. The number of rotatable bonds is 7. The molecule has 2 aliphatic heterocycles. The topological polar surface area (TPSA) is 117 Å². The van der Waals surface area contributed by atoms with E-state index in [4.69, 9.17) is 13.4 Å². The van der Waals surface area contributed by atoms with Crippen molar-refractivity contribution in [1.29, 1.82) is 0 Å². The molecule has 1 amide bonds. The van der Waals surface area contributed by atoms with Crippen LogP contribution in [0.1, 0.15) is 66.8 Å². The molecule has 0 saturated heterocycles. The number of halogens is 2. The van der Waals surface area contributed by atoms with Crippen LogP contribution in [0.5, 0.6) is 5.75 Å². The van der Waals surface area contributed by atoms with E-state index in [1.165, 1.54) is 6.07 Å². The zero-order chi connectivity index (χ0) is 28.3. The molecule has 40 heavy (non-hydrogen) atoms. The van der Waals surface area contributed by atoms with Gasteiger partial charge in [-0.25, -0.2) is 0 Å². The summed E-state index contributed by atoms with van der Waals surface area (Å²) >= 11 is -3.86. The monoisotopic (exact) mass is 611 g/mol. The van der Waals surface area contributed by atoms with Crippen molar-refractivity contribution in [3.8, 4) is 16.9 Å². The minimum atomic E-state index is -3.86. The first-order valence-corrected chi connectivity index (χ1v) is 15.0. The molecule has 6 rings (SSSR count). The van der Waals surface area contributed by atoms with E-state index >= 15 is 0 Å². The van der Waals surface area contributed by atoms with Gasteiger partial charge in [0.05, 0.1) is 0 Å².